The van der Waals surface area contributed by atoms with Gasteiger partial charge in [-0.05, 0) is 40.5 Å². The molecule has 0 heterocycles. The molecule has 1 nitrogen and oxygen atoms in total. The van der Waals surface area contributed by atoms with Crippen LogP contribution in [0, 0.1) is 12.7 Å². The van der Waals surface area contributed by atoms with E-state index in [1.807, 2.05) is 0 Å². The summed E-state index contributed by atoms with van der Waals surface area (Å²) < 4.78 is 13.1. The maximum atomic E-state index is 12.7. The zero-order valence-corrected chi connectivity index (χ0v) is 8.53. The van der Waals surface area contributed by atoms with Crippen molar-refractivity contribution >= 4 is 21.6 Å². The number of benzene rings is 1. The van der Waals surface area contributed by atoms with Crippen LogP contribution in [0.4, 0.5) is 10.1 Å². The first-order valence-corrected chi connectivity index (χ1v) is 3.61. The number of rotatable bonds is 0. The van der Waals surface area contributed by atoms with Gasteiger partial charge in [-0.2, -0.15) is 0 Å². The Hall–Kier alpha value is -0.0505. The predicted molar refractivity (Wildman–Crippen MR) is 43.2 cm³/mol. The van der Waals surface area contributed by atoms with E-state index in [2.05, 4.69) is 15.9 Å². The average Bonchev–Trinajstić information content (AvgIpc) is 1.84. The first-order valence-electron chi connectivity index (χ1n) is 2.82. The zero-order chi connectivity index (χ0) is 7.72. The van der Waals surface area contributed by atoms with Crippen molar-refractivity contribution in [2.75, 3.05) is 5.73 Å². The quantitative estimate of drug-likeness (QED) is 0.562. The minimum Gasteiger partial charge on any atom is -0.398 e. The van der Waals surface area contributed by atoms with E-state index < -0.39 is 0 Å². The monoisotopic (exact) mass is 259 g/mol. The number of halogens is 2. The second-order valence-corrected chi connectivity index (χ2v) is 2.98. The van der Waals surface area contributed by atoms with E-state index in [-0.39, 0.29) is 22.9 Å². The van der Waals surface area contributed by atoms with Crippen LogP contribution in [0.5, 0.6) is 0 Å². The number of anilines is 1. The summed E-state index contributed by atoms with van der Waals surface area (Å²) >= 11 is 3.03. The van der Waals surface area contributed by atoms with Crippen molar-refractivity contribution in [1.82, 2.24) is 0 Å². The molecule has 0 spiro atoms. The van der Waals surface area contributed by atoms with Gasteiger partial charge < -0.3 is 5.73 Å². The Kier molecular flexibility index (Phi) is 4.08. The second kappa shape index (κ2) is 4.10. The molecule has 62 valence electrons. The Bertz CT molecular complexity index is 215. The minimum absolute atomic E-state index is 0. The Morgan fingerprint density at radius 3 is 2.45 bits per heavy atom. The number of hydrogen-bond donors (Lipinski definition) is 1. The van der Waals surface area contributed by atoms with E-state index in [0.717, 1.165) is 5.56 Å². The van der Waals surface area contributed by atoms with Crippen LogP contribution in [-0.4, -0.2) is 0 Å². The molecular formula is C7H7BrFFeN. The fourth-order valence-electron chi connectivity index (χ4n) is 0.662. The van der Waals surface area contributed by atoms with Crippen LogP contribution in [0.2, 0.25) is 0 Å². The average molecular weight is 260 g/mol. The largest absolute Gasteiger partial charge is 0.398 e. The molecule has 0 aromatic heterocycles. The van der Waals surface area contributed by atoms with E-state index >= 15 is 0 Å². The molecule has 0 saturated carbocycles. The molecule has 1 aromatic rings. The SMILES string of the molecule is Cc1cc(F)c(Br)cc1N.[Fe]. The molecule has 0 fully saturated rings. The van der Waals surface area contributed by atoms with Gasteiger partial charge in [0.25, 0.3) is 0 Å². The fourth-order valence-corrected chi connectivity index (χ4v) is 1.02. The number of aryl methyl sites for hydroxylation is 1. The molecule has 0 amide bonds. The molecule has 0 saturated heterocycles. The molecule has 0 aliphatic rings. The molecule has 0 radical (unpaired) electrons. The smallest absolute Gasteiger partial charge is 0.137 e. The van der Waals surface area contributed by atoms with Gasteiger partial charge >= 0.3 is 0 Å². The molecule has 2 N–H and O–H groups in total. The van der Waals surface area contributed by atoms with E-state index in [1.54, 1.807) is 13.0 Å². The third-order valence-electron chi connectivity index (χ3n) is 1.31. The Morgan fingerprint density at radius 2 is 2.00 bits per heavy atom. The summed E-state index contributed by atoms with van der Waals surface area (Å²) in [6.45, 7) is 1.77. The topological polar surface area (TPSA) is 26.0 Å². The molecule has 0 aliphatic carbocycles. The summed E-state index contributed by atoms with van der Waals surface area (Å²) in [7, 11) is 0. The summed E-state index contributed by atoms with van der Waals surface area (Å²) in [4.78, 5) is 0. The number of nitrogen functional groups attached to an aromatic ring is 1. The molecule has 0 unspecified atom stereocenters. The van der Waals surface area contributed by atoms with E-state index in [1.165, 1.54) is 6.07 Å². The van der Waals surface area contributed by atoms with Crippen LogP contribution in [0.3, 0.4) is 0 Å². The summed E-state index contributed by atoms with van der Waals surface area (Å²) in [6, 6.07) is 2.96. The van der Waals surface area contributed by atoms with Gasteiger partial charge in [0, 0.05) is 22.8 Å². The molecule has 1 rings (SSSR count). The summed E-state index contributed by atoms with van der Waals surface area (Å²) in [5.41, 5.74) is 6.86. The zero-order valence-electron chi connectivity index (χ0n) is 5.84. The third-order valence-corrected chi connectivity index (χ3v) is 1.92. The predicted octanol–water partition coefficient (Wildman–Crippen LogP) is 2.48. The molecule has 0 atom stereocenters. The van der Waals surface area contributed by atoms with Crippen LogP contribution in [-0.2, 0) is 17.1 Å². The van der Waals surface area contributed by atoms with E-state index in [4.69, 9.17) is 5.73 Å². The van der Waals surface area contributed by atoms with Crippen molar-refractivity contribution in [2.24, 2.45) is 0 Å². The van der Waals surface area contributed by atoms with Crippen LogP contribution in [0.25, 0.3) is 0 Å². The van der Waals surface area contributed by atoms with Crippen LogP contribution in [0.1, 0.15) is 5.56 Å². The van der Waals surface area contributed by atoms with Crippen LogP contribution in [0.15, 0.2) is 16.6 Å². The molecule has 11 heavy (non-hydrogen) atoms. The van der Waals surface area contributed by atoms with Gasteiger partial charge in [-0.25, -0.2) is 4.39 Å². The van der Waals surface area contributed by atoms with Gasteiger partial charge in [0.05, 0.1) is 4.47 Å². The molecule has 1 aromatic carbocycles. The van der Waals surface area contributed by atoms with Crippen molar-refractivity contribution in [2.45, 2.75) is 6.92 Å². The normalized spacial score (nSPS) is 9.00. The summed E-state index contributed by atoms with van der Waals surface area (Å²) in [5, 5.41) is 0. The Balaban J connectivity index is 0.000001000. The minimum atomic E-state index is -0.272. The van der Waals surface area contributed by atoms with Crippen molar-refractivity contribution in [3.05, 3.63) is 28.0 Å². The van der Waals surface area contributed by atoms with Gasteiger partial charge in [-0.3, -0.25) is 0 Å². The van der Waals surface area contributed by atoms with Gasteiger partial charge in [-0.1, -0.05) is 0 Å². The first-order chi connectivity index (χ1) is 4.61. The van der Waals surface area contributed by atoms with Gasteiger partial charge in [0.1, 0.15) is 5.82 Å². The third kappa shape index (κ3) is 2.47. The maximum absolute atomic E-state index is 12.7. The van der Waals surface area contributed by atoms with Crippen LogP contribution >= 0.6 is 15.9 Å². The Labute approximate surface area is 83.8 Å². The van der Waals surface area contributed by atoms with Crippen molar-refractivity contribution in [3.63, 3.8) is 0 Å². The number of nitrogens with two attached hydrogens (primary N) is 1. The fraction of sp³-hybridized carbons (Fsp3) is 0.143. The Morgan fingerprint density at radius 1 is 1.45 bits per heavy atom. The molecule has 0 aliphatic heterocycles. The standard InChI is InChI=1S/C7H7BrFN.Fe/c1-4-2-6(9)5(8)3-7(4)10;/h2-3H,10H2,1H3;. The van der Waals surface area contributed by atoms with Crippen molar-refractivity contribution < 1.29 is 21.5 Å². The van der Waals surface area contributed by atoms with E-state index in [9.17, 15) is 4.39 Å². The van der Waals surface area contributed by atoms with Crippen molar-refractivity contribution in [3.8, 4) is 0 Å². The molecular weight excluding hydrogens is 253 g/mol. The molecule has 4 heteroatoms. The van der Waals surface area contributed by atoms with Gasteiger partial charge in [-0.15, -0.1) is 0 Å². The summed E-state index contributed by atoms with van der Waals surface area (Å²) in [6.07, 6.45) is 0. The van der Waals surface area contributed by atoms with Gasteiger partial charge in [0.15, 0.2) is 0 Å². The maximum Gasteiger partial charge on any atom is 0.137 e. The molecule has 0 bridgehead atoms. The first kappa shape index (κ1) is 10.9. The number of hydrogen-bond acceptors (Lipinski definition) is 1. The second-order valence-electron chi connectivity index (χ2n) is 2.12. The summed E-state index contributed by atoms with van der Waals surface area (Å²) in [5.74, 6) is -0.272. The van der Waals surface area contributed by atoms with Gasteiger partial charge in [0.2, 0.25) is 0 Å². The van der Waals surface area contributed by atoms with E-state index in [0.29, 0.717) is 10.2 Å². The van der Waals surface area contributed by atoms with Crippen molar-refractivity contribution in [1.29, 1.82) is 0 Å². The van der Waals surface area contributed by atoms with Crippen LogP contribution < -0.4 is 5.73 Å².